The smallest absolute Gasteiger partial charge is 0.330 e. The van der Waals surface area contributed by atoms with Crippen LogP contribution in [0.2, 0.25) is 0 Å². The monoisotopic (exact) mass is 440 g/mol. The zero-order valence-electron chi connectivity index (χ0n) is 18.4. The first kappa shape index (κ1) is 20.7. The van der Waals surface area contributed by atoms with Gasteiger partial charge in [0.1, 0.15) is 23.3 Å². The maximum atomic E-state index is 14.1. The molecule has 6 heteroatoms. The molecule has 0 bridgehead atoms. The van der Waals surface area contributed by atoms with E-state index in [1.54, 1.807) is 25.4 Å². The predicted octanol–water partition coefficient (Wildman–Crippen LogP) is 6.23. The Kier molecular flexibility index (Phi) is 5.48. The first-order chi connectivity index (χ1) is 16.2. The van der Waals surface area contributed by atoms with Crippen LogP contribution >= 0.6 is 0 Å². The number of urea groups is 1. The Balaban J connectivity index is 1.69. The van der Waals surface area contributed by atoms with Crippen molar-refractivity contribution < 1.29 is 18.7 Å². The predicted molar refractivity (Wildman–Crippen MR) is 127 cm³/mol. The summed E-state index contributed by atoms with van der Waals surface area (Å²) in [5, 5.41) is 0. The van der Waals surface area contributed by atoms with Crippen LogP contribution in [0.1, 0.15) is 23.4 Å². The Morgan fingerprint density at radius 1 is 0.667 bits per heavy atom. The van der Waals surface area contributed by atoms with Crippen LogP contribution in [0.25, 0.3) is 0 Å². The minimum Gasteiger partial charge on any atom is -0.497 e. The van der Waals surface area contributed by atoms with E-state index in [-0.39, 0.29) is 18.1 Å². The van der Waals surface area contributed by atoms with E-state index < -0.39 is 0 Å². The minimum atomic E-state index is -0.370. The first-order valence-corrected chi connectivity index (χ1v) is 10.7. The van der Waals surface area contributed by atoms with Crippen LogP contribution in [0.3, 0.4) is 0 Å². The molecule has 1 aliphatic heterocycles. The second-order valence-electron chi connectivity index (χ2n) is 7.73. The van der Waals surface area contributed by atoms with E-state index in [4.69, 9.17) is 13.9 Å². The van der Waals surface area contributed by atoms with Crippen molar-refractivity contribution in [2.24, 2.45) is 0 Å². The Morgan fingerprint density at radius 3 is 1.70 bits per heavy atom. The largest absolute Gasteiger partial charge is 0.497 e. The number of carbonyl (C=O) groups excluding carboxylic acids is 1. The fraction of sp³-hybridized carbons (Fsp3) is 0.148. The quantitative estimate of drug-likeness (QED) is 0.357. The number of rotatable bonds is 6. The summed E-state index contributed by atoms with van der Waals surface area (Å²) in [7, 11) is 3.25. The van der Waals surface area contributed by atoms with Gasteiger partial charge < -0.3 is 13.9 Å². The number of anilines is 2. The minimum absolute atomic E-state index is 0.138. The number of nitrogens with zero attached hydrogens (tertiary/aromatic N) is 2. The van der Waals surface area contributed by atoms with Gasteiger partial charge in [-0.25, -0.2) is 4.79 Å². The third-order valence-electron chi connectivity index (χ3n) is 5.94. The number of benzene rings is 3. The van der Waals surface area contributed by atoms with Crippen molar-refractivity contribution >= 4 is 17.4 Å². The van der Waals surface area contributed by atoms with Gasteiger partial charge in [-0.15, -0.1) is 0 Å². The molecule has 3 aromatic carbocycles. The number of furan rings is 1. The average molecular weight is 440 g/mol. The second-order valence-corrected chi connectivity index (χ2v) is 7.73. The summed E-state index contributed by atoms with van der Waals surface area (Å²) in [6.45, 7) is 0. The summed E-state index contributed by atoms with van der Waals surface area (Å²) >= 11 is 0. The van der Waals surface area contributed by atoms with E-state index >= 15 is 0 Å². The lowest BCUT2D eigenvalue weighted by Crippen LogP contribution is -2.32. The lowest BCUT2D eigenvalue weighted by atomic mass is 9.96. The molecule has 0 unspecified atom stereocenters. The van der Waals surface area contributed by atoms with Crippen LogP contribution in [0.4, 0.5) is 16.2 Å². The number of hydrogen-bond acceptors (Lipinski definition) is 4. The van der Waals surface area contributed by atoms with Gasteiger partial charge in [-0.05, 0) is 66.2 Å². The van der Waals surface area contributed by atoms with Crippen molar-refractivity contribution in [3.8, 4) is 11.5 Å². The normalized spacial score (nSPS) is 17.9. The van der Waals surface area contributed by atoms with Crippen molar-refractivity contribution in [3.05, 3.63) is 109 Å². The van der Waals surface area contributed by atoms with Crippen LogP contribution in [-0.4, -0.2) is 20.3 Å². The molecule has 166 valence electrons. The molecular formula is C27H24N2O4. The Bertz CT molecular complexity index is 1210. The number of hydrogen-bond donors (Lipinski definition) is 0. The van der Waals surface area contributed by atoms with Crippen LogP contribution in [0, 0.1) is 0 Å². The average Bonchev–Trinajstić information content (AvgIpc) is 3.51. The molecule has 0 spiro atoms. The van der Waals surface area contributed by atoms with E-state index in [1.165, 1.54) is 0 Å². The standard InChI is InChI=1S/C27H24N2O4/c1-31-22-14-10-20(11-15-22)28-25(19-7-4-3-5-8-19)26(24-9-6-18-33-24)29(27(28)30)21-12-16-23(32-2)17-13-21/h3-18,25-26H,1-2H3/t25-,26-/m1/s1. The maximum absolute atomic E-state index is 14.1. The van der Waals surface area contributed by atoms with E-state index in [2.05, 4.69) is 0 Å². The highest BCUT2D eigenvalue weighted by Gasteiger charge is 2.50. The van der Waals surface area contributed by atoms with Crippen LogP contribution in [0.5, 0.6) is 11.5 Å². The molecular weight excluding hydrogens is 416 g/mol. The zero-order valence-corrected chi connectivity index (χ0v) is 18.4. The summed E-state index contributed by atoms with van der Waals surface area (Å²) in [6, 6.07) is 28.0. The topological polar surface area (TPSA) is 55.2 Å². The second kappa shape index (κ2) is 8.74. The van der Waals surface area contributed by atoms with Gasteiger partial charge in [0.05, 0.1) is 26.5 Å². The van der Waals surface area contributed by atoms with Crippen molar-refractivity contribution in [2.75, 3.05) is 24.0 Å². The van der Waals surface area contributed by atoms with Gasteiger partial charge in [-0.3, -0.25) is 9.80 Å². The summed E-state index contributed by atoms with van der Waals surface area (Å²) in [5.74, 6) is 2.17. The van der Waals surface area contributed by atoms with Crippen LogP contribution < -0.4 is 19.3 Å². The van der Waals surface area contributed by atoms with Gasteiger partial charge in [0.15, 0.2) is 0 Å². The third-order valence-corrected chi connectivity index (χ3v) is 5.94. The summed E-state index contributed by atoms with van der Waals surface area (Å²) < 4.78 is 16.5. The van der Waals surface area contributed by atoms with E-state index in [0.29, 0.717) is 5.76 Å². The summed E-state index contributed by atoms with van der Waals surface area (Å²) in [6.07, 6.45) is 1.64. The van der Waals surface area contributed by atoms with Crippen LogP contribution in [-0.2, 0) is 0 Å². The molecule has 6 nitrogen and oxygen atoms in total. The number of amides is 2. The number of carbonyl (C=O) groups is 1. The van der Waals surface area contributed by atoms with Gasteiger partial charge in [-0.2, -0.15) is 0 Å². The fourth-order valence-electron chi connectivity index (χ4n) is 4.39. The van der Waals surface area contributed by atoms with Gasteiger partial charge in [0.2, 0.25) is 0 Å². The van der Waals surface area contributed by atoms with Crippen molar-refractivity contribution in [1.82, 2.24) is 0 Å². The van der Waals surface area contributed by atoms with Gasteiger partial charge >= 0.3 is 6.03 Å². The molecule has 2 heterocycles. The molecule has 1 fully saturated rings. The molecule has 0 saturated carbocycles. The maximum Gasteiger partial charge on any atom is 0.330 e. The molecule has 0 N–H and O–H groups in total. The van der Waals surface area contributed by atoms with Crippen molar-refractivity contribution in [1.29, 1.82) is 0 Å². The molecule has 0 radical (unpaired) electrons. The third kappa shape index (κ3) is 3.69. The molecule has 2 atom stereocenters. The molecule has 0 aliphatic carbocycles. The number of methoxy groups -OCH3 is 2. The van der Waals surface area contributed by atoms with E-state index in [9.17, 15) is 4.79 Å². The molecule has 2 amide bonds. The molecule has 33 heavy (non-hydrogen) atoms. The highest BCUT2D eigenvalue weighted by atomic mass is 16.5. The van der Waals surface area contributed by atoms with Crippen molar-refractivity contribution in [3.63, 3.8) is 0 Å². The molecule has 5 rings (SSSR count). The van der Waals surface area contributed by atoms with E-state index in [1.807, 2.05) is 95.9 Å². The molecule has 1 aliphatic rings. The van der Waals surface area contributed by atoms with E-state index in [0.717, 1.165) is 28.4 Å². The van der Waals surface area contributed by atoms with Gasteiger partial charge in [0.25, 0.3) is 0 Å². The SMILES string of the molecule is COc1ccc(N2C(=O)N(c3ccc(OC)cc3)[C@H](c3ccco3)[C@H]2c2ccccc2)cc1. The van der Waals surface area contributed by atoms with Crippen molar-refractivity contribution in [2.45, 2.75) is 12.1 Å². The zero-order chi connectivity index (χ0) is 22.8. The molecule has 1 aromatic heterocycles. The van der Waals surface area contributed by atoms with Gasteiger partial charge in [-0.1, -0.05) is 30.3 Å². The fourth-order valence-corrected chi connectivity index (χ4v) is 4.39. The number of ether oxygens (including phenoxy) is 2. The Hall–Kier alpha value is -4.19. The highest BCUT2D eigenvalue weighted by Crippen LogP contribution is 2.49. The lowest BCUT2D eigenvalue weighted by molar-refractivity contribution is 0.254. The Labute approximate surface area is 192 Å². The summed E-state index contributed by atoms with van der Waals surface area (Å²) in [4.78, 5) is 17.7. The lowest BCUT2D eigenvalue weighted by Gasteiger charge is -2.27. The van der Waals surface area contributed by atoms with Crippen LogP contribution in [0.15, 0.2) is 102 Å². The molecule has 1 saturated heterocycles. The van der Waals surface area contributed by atoms with Gasteiger partial charge in [0, 0.05) is 11.4 Å². The Morgan fingerprint density at radius 2 is 1.21 bits per heavy atom. The summed E-state index contributed by atoms with van der Waals surface area (Å²) in [5.41, 5.74) is 2.56. The highest BCUT2D eigenvalue weighted by molar-refractivity contribution is 6.07. The first-order valence-electron chi connectivity index (χ1n) is 10.7. The molecule has 4 aromatic rings.